The lowest BCUT2D eigenvalue weighted by Crippen LogP contribution is -1.98. The van der Waals surface area contributed by atoms with Crippen molar-refractivity contribution in [3.8, 4) is 11.5 Å². The van der Waals surface area contributed by atoms with Crippen LogP contribution in [0.25, 0.3) is 0 Å². The number of hydrogen-bond acceptors (Lipinski definition) is 2. The Morgan fingerprint density at radius 3 is 2.33 bits per heavy atom. The molecule has 0 atom stereocenters. The Kier molecular flexibility index (Phi) is 3.33. The molecule has 0 saturated carbocycles. The van der Waals surface area contributed by atoms with Gasteiger partial charge in [-0.15, -0.1) is 0 Å². The maximum Gasteiger partial charge on any atom is 0.335 e. The highest BCUT2D eigenvalue weighted by molar-refractivity contribution is 5.88. The van der Waals surface area contributed by atoms with Gasteiger partial charge in [0, 0.05) is 0 Å². The number of para-hydroxylation sites is 1. The molecular formula is C15H14O3. The van der Waals surface area contributed by atoms with Gasteiger partial charge in [-0.25, -0.2) is 4.79 Å². The molecule has 0 bridgehead atoms. The SMILES string of the molecule is Cc1ccccc1Oc1cc(C(=O)O)ccc1C. The van der Waals surface area contributed by atoms with Crippen molar-refractivity contribution in [3.05, 3.63) is 59.2 Å². The number of rotatable bonds is 3. The highest BCUT2D eigenvalue weighted by Gasteiger charge is 2.08. The summed E-state index contributed by atoms with van der Waals surface area (Å²) in [6.07, 6.45) is 0. The predicted octanol–water partition coefficient (Wildman–Crippen LogP) is 3.79. The predicted molar refractivity (Wildman–Crippen MR) is 69.4 cm³/mol. The third kappa shape index (κ3) is 2.51. The Morgan fingerprint density at radius 2 is 1.67 bits per heavy atom. The van der Waals surface area contributed by atoms with Gasteiger partial charge in [0.1, 0.15) is 11.5 Å². The molecule has 0 saturated heterocycles. The van der Waals surface area contributed by atoms with E-state index in [1.54, 1.807) is 18.2 Å². The molecule has 2 rings (SSSR count). The molecule has 0 aliphatic heterocycles. The van der Waals surface area contributed by atoms with Crippen LogP contribution in [-0.4, -0.2) is 11.1 Å². The topological polar surface area (TPSA) is 46.5 Å². The summed E-state index contributed by atoms with van der Waals surface area (Å²) in [6.45, 7) is 3.84. The number of hydrogen-bond donors (Lipinski definition) is 1. The van der Waals surface area contributed by atoms with Crippen molar-refractivity contribution in [1.29, 1.82) is 0 Å². The summed E-state index contributed by atoms with van der Waals surface area (Å²) < 4.78 is 5.77. The molecule has 0 aliphatic carbocycles. The summed E-state index contributed by atoms with van der Waals surface area (Å²) in [4.78, 5) is 10.9. The molecule has 3 nitrogen and oxygen atoms in total. The number of ether oxygens (including phenoxy) is 1. The van der Waals surface area contributed by atoms with Crippen LogP contribution in [0.15, 0.2) is 42.5 Å². The average Bonchev–Trinajstić information content (AvgIpc) is 2.34. The number of aromatic carboxylic acids is 1. The molecule has 0 radical (unpaired) electrons. The van der Waals surface area contributed by atoms with Gasteiger partial charge in [-0.3, -0.25) is 0 Å². The summed E-state index contributed by atoms with van der Waals surface area (Å²) in [7, 11) is 0. The first-order valence-electron chi connectivity index (χ1n) is 5.65. The van der Waals surface area contributed by atoms with Crippen LogP contribution in [0.2, 0.25) is 0 Å². The first-order valence-corrected chi connectivity index (χ1v) is 5.65. The molecule has 18 heavy (non-hydrogen) atoms. The second-order valence-corrected chi connectivity index (χ2v) is 4.15. The third-order valence-corrected chi connectivity index (χ3v) is 2.75. The first-order chi connectivity index (χ1) is 8.58. The minimum atomic E-state index is -0.954. The Hall–Kier alpha value is -2.29. The highest BCUT2D eigenvalue weighted by Crippen LogP contribution is 2.28. The number of benzene rings is 2. The van der Waals surface area contributed by atoms with Gasteiger partial charge in [-0.05, 0) is 43.2 Å². The van der Waals surface area contributed by atoms with Crippen LogP contribution in [0, 0.1) is 13.8 Å². The summed E-state index contributed by atoms with van der Waals surface area (Å²) in [5, 5.41) is 8.97. The van der Waals surface area contributed by atoms with E-state index in [2.05, 4.69) is 0 Å². The van der Waals surface area contributed by atoms with Crippen LogP contribution in [-0.2, 0) is 0 Å². The molecule has 0 aromatic heterocycles. The van der Waals surface area contributed by atoms with Gasteiger partial charge in [0.2, 0.25) is 0 Å². The van der Waals surface area contributed by atoms with Crippen molar-refractivity contribution in [2.45, 2.75) is 13.8 Å². The number of aryl methyl sites for hydroxylation is 2. The molecule has 0 amide bonds. The van der Waals surface area contributed by atoms with Crippen LogP contribution < -0.4 is 4.74 Å². The van der Waals surface area contributed by atoms with E-state index in [1.165, 1.54) is 0 Å². The first kappa shape index (κ1) is 12.2. The zero-order valence-electron chi connectivity index (χ0n) is 10.3. The van der Waals surface area contributed by atoms with E-state index in [0.29, 0.717) is 5.75 Å². The summed E-state index contributed by atoms with van der Waals surface area (Å²) >= 11 is 0. The molecule has 2 aromatic rings. The van der Waals surface area contributed by atoms with E-state index in [9.17, 15) is 4.79 Å². The monoisotopic (exact) mass is 242 g/mol. The molecule has 92 valence electrons. The van der Waals surface area contributed by atoms with Crippen LogP contribution in [0.1, 0.15) is 21.5 Å². The Morgan fingerprint density at radius 1 is 1.00 bits per heavy atom. The van der Waals surface area contributed by atoms with Crippen molar-refractivity contribution in [3.63, 3.8) is 0 Å². The number of carboxylic acids is 1. The highest BCUT2D eigenvalue weighted by atomic mass is 16.5. The van der Waals surface area contributed by atoms with Crippen LogP contribution in [0.3, 0.4) is 0 Å². The molecular weight excluding hydrogens is 228 g/mol. The second-order valence-electron chi connectivity index (χ2n) is 4.15. The van der Waals surface area contributed by atoms with Gasteiger partial charge in [0.15, 0.2) is 0 Å². The van der Waals surface area contributed by atoms with Gasteiger partial charge < -0.3 is 9.84 Å². The maximum absolute atomic E-state index is 10.9. The van der Waals surface area contributed by atoms with Gasteiger partial charge in [-0.2, -0.15) is 0 Å². The molecule has 0 heterocycles. The van der Waals surface area contributed by atoms with Crippen LogP contribution >= 0.6 is 0 Å². The van der Waals surface area contributed by atoms with Crippen molar-refractivity contribution in [1.82, 2.24) is 0 Å². The molecule has 3 heteroatoms. The van der Waals surface area contributed by atoms with Crippen LogP contribution in [0.4, 0.5) is 0 Å². The lowest BCUT2D eigenvalue weighted by atomic mass is 10.1. The van der Waals surface area contributed by atoms with Crippen molar-refractivity contribution in [2.24, 2.45) is 0 Å². The largest absolute Gasteiger partial charge is 0.478 e. The van der Waals surface area contributed by atoms with Gasteiger partial charge in [0.05, 0.1) is 5.56 Å². The van der Waals surface area contributed by atoms with Crippen molar-refractivity contribution in [2.75, 3.05) is 0 Å². The lowest BCUT2D eigenvalue weighted by molar-refractivity contribution is 0.0696. The summed E-state index contributed by atoms with van der Waals surface area (Å²) in [5.41, 5.74) is 2.14. The molecule has 0 aliphatic rings. The van der Waals surface area contributed by atoms with Crippen molar-refractivity contribution >= 4 is 5.97 Å². The van der Waals surface area contributed by atoms with Crippen molar-refractivity contribution < 1.29 is 14.6 Å². The van der Waals surface area contributed by atoms with Gasteiger partial charge in [-0.1, -0.05) is 24.3 Å². The normalized spacial score (nSPS) is 10.1. The van der Waals surface area contributed by atoms with E-state index in [4.69, 9.17) is 9.84 Å². The van der Waals surface area contributed by atoms with E-state index < -0.39 is 5.97 Å². The summed E-state index contributed by atoms with van der Waals surface area (Å²) in [5.74, 6) is 0.358. The fourth-order valence-corrected chi connectivity index (χ4v) is 1.63. The third-order valence-electron chi connectivity index (χ3n) is 2.75. The molecule has 1 N–H and O–H groups in total. The minimum absolute atomic E-state index is 0.226. The van der Waals surface area contributed by atoms with E-state index in [-0.39, 0.29) is 5.56 Å². The zero-order valence-corrected chi connectivity index (χ0v) is 10.3. The molecule has 0 fully saturated rings. The molecule has 0 unspecified atom stereocenters. The quantitative estimate of drug-likeness (QED) is 0.890. The fraction of sp³-hybridized carbons (Fsp3) is 0.133. The number of carboxylic acid groups (broad SMARTS) is 1. The van der Waals surface area contributed by atoms with Crippen LogP contribution in [0.5, 0.6) is 11.5 Å². The Bertz CT molecular complexity index is 588. The average molecular weight is 242 g/mol. The standard InChI is InChI=1S/C15H14O3/c1-10-5-3-4-6-13(10)18-14-9-12(15(16)17)8-7-11(14)2/h3-9H,1-2H3,(H,16,17). The van der Waals surface area contributed by atoms with E-state index in [1.807, 2.05) is 38.1 Å². The maximum atomic E-state index is 10.9. The lowest BCUT2D eigenvalue weighted by Gasteiger charge is -2.11. The number of carbonyl (C=O) groups is 1. The summed E-state index contributed by atoms with van der Waals surface area (Å²) in [6, 6.07) is 12.5. The van der Waals surface area contributed by atoms with Gasteiger partial charge in [0.25, 0.3) is 0 Å². The fourth-order valence-electron chi connectivity index (χ4n) is 1.63. The van der Waals surface area contributed by atoms with E-state index in [0.717, 1.165) is 16.9 Å². The minimum Gasteiger partial charge on any atom is -0.478 e. The molecule has 0 spiro atoms. The second kappa shape index (κ2) is 4.92. The zero-order chi connectivity index (χ0) is 13.1. The smallest absolute Gasteiger partial charge is 0.335 e. The Labute approximate surface area is 106 Å². The molecule has 2 aromatic carbocycles. The van der Waals surface area contributed by atoms with Gasteiger partial charge >= 0.3 is 5.97 Å². The Balaban J connectivity index is 2.37. The van der Waals surface area contributed by atoms with E-state index >= 15 is 0 Å².